The van der Waals surface area contributed by atoms with Gasteiger partial charge in [-0.1, -0.05) is 0 Å². The van der Waals surface area contributed by atoms with E-state index < -0.39 is 11.9 Å². The van der Waals surface area contributed by atoms with Crippen molar-refractivity contribution in [1.29, 1.82) is 0 Å². The average Bonchev–Trinajstić information content (AvgIpc) is 2.56. The molecule has 27 heavy (non-hydrogen) atoms. The van der Waals surface area contributed by atoms with Gasteiger partial charge in [0, 0.05) is 11.1 Å². The van der Waals surface area contributed by atoms with Crippen molar-refractivity contribution in [3.63, 3.8) is 0 Å². The zero-order valence-corrected chi connectivity index (χ0v) is 17.6. The van der Waals surface area contributed by atoms with E-state index in [1.807, 2.05) is 0 Å². The molecule has 2 aromatic carbocycles. The van der Waals surface area contributed by atoms with Gasteiger partial charge in [-0.15, -0.1) is 0 Å². The van der Waals surface area contributed by atoms with E-state index in [9.17, 15) is 19.8 Å². The third-order valence-electron chi connectivity index (χ3n) is 2.85. The maximum absolute atomic E-state index is 10.4. The minimum absolute atomic E-state index is 0. The van der Waals surface area contributed by atoms with Crippen molar-refractivity contribution in [3.05, 3.63) is 47.5 Å². The molecule has 0 bridgehead atoms. The quantitative estimate of drug-likeness (QED) is 0.391. The first kappa shape index (κ1) is 28.9. The van der Waals surface area contributed by atoms with Crippen molar-refractivity contribution in [2.24, 2.45) is 0 Å². The van der Waals surface area contributed by atoms with Crippen LogP contribution in [0.15, 0.2) is 36.4 Å². The van der Waals surface area contributed by atoms with E-state index in [-0.39, 0.29) is 53.1 Å². The normalized spacial score (nSPS) is 8.37. The Morgan fingerprint density at radius 1 is 0.778 bits per heavy atom. The maximum atomic E-state index is 10.4. The molecule has 0 saturated heterocycles. The third-order valence-corrected chi connectivity index (χ3v) is 2.85. The fourth-order valence-electron chi connectivity index (χ4n) is 1.61. The molecule has 0 aliphatic heterocycles. The predicted octanol–water partition coefficient (Wildman–Crippen LogP) is -2.32. The van der Waals surface area contributed by atoms with Gasteiger partial charge < -0.3 is 50.4 Å². The number of carboxylic acids is 2. The fraction of sp³-hybridized carbons (Fsp3) is 0.125. The summed E-state index contributed by atoms with van der Waals surface area (Å²) in [4.78, 5) is 20.7. The van der Waals surface area contributed by atoms with Crippen LogP contribution >= 0.6 is 0 Å². The van der Waals surface area contributed by atoms with Crippen LogP contribution in [-0.2, 0) is 30.4 Å². The minimum atomic E-state index is -1.42. The average molecular weight is 438 g/mol. The Hall–Kier alpha value is -2.88. The molecule has 0 aliphatic rings. The first-order valence-electron chi connectivity index (χ1n) is 6.46. The van der Waals surface area contributed by atoms with Crippen molar-refractivity contribution in [3.8, 4) is 23.0 Å². The number of carbonyl (C=O) groups excluding carboxylic acids is 2. The van der Waals surface area contributed by atoms with Gasteiger partial charge in [-0.05, 0) is 36.4 Å². The third kappa shape index (κ3) is 8.36. The number of ether oxygens (including phenoxy) is 2. The Labute approximate surface area is 167 Å². The Kier molecular flexibility index (Phi) is 14.3. The molecule has 10 nitrogen and oxygen atoms in total. The SMILES string of the molecule is COc1ccc(O)c(C(=O)[O-])c1.COc1ccc(O)c(C(=O)[O-])c1.[OH3+].[OH3+].[Zn+2]. The second-order valence-corrected chi connectivity index (χ2v) is 4.34. The molecule has 8 N–H and O–H groups in total. The molecule has 2 aromatic rings. The Bertz CT molecular complexity index is 684. The summed E-state index contributed by atoms with van der Waals surface area (Å²) in [6, 6.07) is 7.80. The second-order valence-electron chi connectivity index (χ2n) is 4.34. The van der Waals surface area contributed by atoms with Crippen LogP contribution < -0.4 is 19.7 Å². The summed E-state index contributed by atoms with van der Waals surface area (Å²) in [5.74, 6) is -2.76. The summed E-state index contributed by atoms with van der Waals surface area (Å²) in [7, 11) is 2.82. The van der Waals surface area contributed by atoms with E-state index in [0.29, 0.717) is 11.5 Å². The molecule has 0 radical (unpaired) electrons. The van der Waals surface area contributed by atoms with Crippen LogP contribution in [0.1, 0.15) is 20.7 Å². The molecule has 0 saturated carbocycles. The van der Waals surface area contributed by atoms with Crippen LogP contribution in [-0.4, -0.2) is 36.4 Å². The van der Waals surface area contributed by atoms with Crippen molar-refractivity contribution in [1.82, 2.24) is 0 Å². The Morgan fingerprint density at radius 2 is 1.07 bits per heavy atom. The molecule has 0 amide bonds. The largest absolute Gasteiger partial charge is 2.00 e. The van der Waals surface area contributed by atoms with Crippen LogP contribution in [0.5, 0.6) is 23.0 Å². The van der Waals surface area contributed by atoms with Gasteiger partial charge in [-0.3, -0.25) is 0 Å². The monoisotopic (exact) mass is 436 g/mol. The van der Waals surface area contributed by atoms with Gasteiger partial charge >= 0.3 is 19.5 Å². The van der Waals surface area contributed by atoms with E-state index in [0.717, 1.165) is 0 Å². The number of hydrogen-bond acceptors (Lipinski definition) is 8. The first-order chi connectivity index (χ1) is 11.3. The topological polar surface area (TPSA) is 205 Å². The summed E-state index contributed by atoms with van der Waals surface area (Å²) in [6.45, 7) is 0. The standard InChI is InChI=1S/2C8H8O4.2H2O.Zn/c2*1-12-5-2-3-7(9)6(4-5)8(10)11;;;/h2*2-4,9H,1H3,(H,10,11);2*1H2;/q;;;;+2. The van der Waals surface area contributed by atoms with E-state index in [1.165, 1.54) is 50.6 Å². The summed E-state index contributed by atoms with van der Waals surface area (Å²) in [5, 5.41) is 38.8. The van der Waals surface area contributed by atoms with Gasteiger partial charge in [-0.2, -0.15) is 0 Å². The van der Waals surface area contributed by atoms with Crippen molar-refractivity contribution >= 4 is 11.9 Å². The predicted molar refractivity (Wildman–Crippen MR) is 87.7 cm³/mol. The van der Waals surface area contributed by atoms with Crippen LogP contribution in [0, 0.1) is 0 Å². The van der Waals surface area contributed by atoms with Gasteiger partial charge in [0.2, 0.25) is 0 Å². The van der Waals surface area contributed by atoms with Crippen LogP contribution in [0.3, 0.4) is 0 Å². The molecule has 0 aromatic heterocycles. The number of rotatable bonds is 4. The van der Waals surface area contributed by atoms with E-state index in [2.05, 4.69) is 0 Å². The summed E-state index contributed by atoms with van der Waals surface area (Å²) < 4.78 is 9.52. The molecule has 2 rings (SSSR count). The Morgan fingerprint density at radius 3 is 1.30 bits per heavy atom. The van der Waals surface area contributed by atoms with Gasteiger partial charge in [-0.25, -0.2) is 0 Å². The number of carboxylic acid groups (broad SMARTS) is 2. The van der Waals surface area contributed by atoms with Crippen molar-refractivity contribution in [2.45, 2.75) is 0 Å². The number of phenols is 2. The number of aromatic hydroxyl groups is 2. The smallest absolute Gasteiger partial charge is 0.545 e. The summed E-state index contributed by atoms with van der Waals surface area (Å²) in [6.07, 6.45) is 0. The molecule has 0 atom stereocenters. The molecular formula is C16H20O10Zn+2. The number of methoxy groups -OCH3 is 2. The molecule has 0 heterocycles. The molecule has 144 valence electrons. The second kappa shape index (κ2) is 13.3. The molecular weight excluding hydrogens is 418 g/mol. The van der Waals surface area contributed by atoms with Crippen molar-refractivity contribution < 1.29 is 69.9 Å². The summed E-state index contributed by atoms with van der Waals surface area (Å²) in [5.41, 5.74) is -0.538. The van der Waals surface area contributed by atoms with Gasteiger partial charge in [0.1, 0.15) is 23.0 Å². The zero-order chi connectivity index (χ0) is 18.3. The number of carbonyl (C=O) groups is 2. The van der Waals surface area contributed by atoms with Crippen LogP contribution in [0.2, 0.25) is 0 Å². The fourth-order valence-corrected chi connectivity index (χ4v) is 1.61. The first-order valence-corrected chi connectivity index (χ1v) is 6.46. The zero-order valence-electron chi connectivity index (χ0n) is 14.7. The van der Waals surface area contributed by atoms with E-state index in [1.54, 1.807) is 0 Å². The van der Waals surface area contributed by atoms with Crippen LogP contribution in [0.4, 0.5) is 0 Å². The molecule has 11 heteroatoms. The van der Waals surface area contributed by atoms with E-state index >= 15 is 0 Å². The number of benzene rings is 2. The minimum Gasteiger partial charge on any atom is -0.545 e. The molecule has 0 spiro atoms. The van der Waals surface area contributed by atoms with Gasteiger partial charge in [0.15, 0.2) is 0 Å². The number of aromatic carboxylic acids is 2. The number of hydrogen-bond donors (Lipinski definition) is 2. The maximum Gasteiger partial charge on any atom is 2.00 e. The van der Waals surface area contributed by atoms with Gasteiger partial charge in [0.05, 0.1) is 26.2 Å². The van der Waals surface area contributed by atoms with Gasteiger partial charge in [0.25, 0.3) is 0 Å². The van der Waals surface area contributed by atoms with E-state index in [4.69, 9.17) is 19.7 Å². The molecule has 0 aliphatic carbocycles. The molecule has 0 unspecified atom stereocenters. The van der Waals surface area contributed by atoms with Crippen LogP contribution in [0.25, 0.3) is 0 Å². The Balaban J connectivity index is -0.000000384. The molecule has 0 fully saturated rings. The summed E-state index contributed by atoms with van der Waals surface area (Å²) >= 11 is 0. The van der Waals surface area contributed by atoms with Crippen molar-refractivity contribution in [2.75, 3.05) is 14.2 Å².